The summed E-state index contributed by atoms with van der Waals surface area (Å²) in [6.45, 7) is 6.36. The van der Waals surface area contributed by atoms with Crippen LogP contribution in [-0.2, 0) is 0 Å². The zero-order valence-electron chi connectivity index (χ0n) is 8.52. The third-order valence-electron chi connectivity index (χ3n) is 2.78. The van der Waals surface area contributed by atoms with Gasteiger partial charge in [0, 0.05) is 19.3 Å². The molecular weight excluding hydrogens is 146 g/mol. The first-order valence-corrected chi connectivity index (χ1v) is 5.66. The molecule has 71 valence electrons. The van der Waals surface area contributed by atoms with Crippen LogP contribution in [0.5, 0.6) is 0 Å². The molecule has 1 rings (SSSR count). The molecule has 0 aromatic rings. The first kappa shape index (κ1) is 10.0. The lowest BCUT2D eigenvalue weighted by Crippen LogP contribution is -2.31. The lowest BCUT2D eigenvalue weighted by atomic mass is 10.2. The number of rotatable bonds is 4. The van der Waals surface area contributed by atoms with Gasteiger partial charge in [0.15, 0.2) is 0 Å². The van der Waals surface area contributed by atoms with Gasteiger partial charge in [0.1, 0.15) is 19.6 Å². The first-order chi connectivity index (χ1) is 5.93. The van der Waals surface area contributed by atoms with Crippen molar-refractivity contribution < 1.29 is 0 Å². The van der Waals surface area contributed by atoms with Gasteiger partial charge in [0.05, 0.1) is 0 Å². The molecule has 1 heteroatoms. The average molecular weight is 169 g/mol. The summed E-state index contributed by atoms with van der Waals surface area (Å²) in [5, 5.41) is 0. The lowest BCUT2D eigenvalue weighted by Gasteiger charge is -2.08. The summed E-state index contributed by atoms with van der Waals surface area (Å²) in [5.74, 6) is 0. The van der Waals surface area contributed by atoms with Crippen LogP contribution in [0.15, 0.2) is 0 Å². The quantitative estimate of drug-likeness (QED) is 0.451. The van der Waals surface area contributed by atoms with Gasteiger partial charge in [-0.3, -0.25) is 0 Å². The second-order valence-electron chi connectivity index (χ2n) is 3.96. The van der Waals surface area contributed by atoms with Crippen molar-refractivity contribution in [1.29, 1.82) is 0 Å². The van der Waals surface area contributed by atoms with E-state index in [1.807, 2.05) is 0 Å². The molecule has 1 radical (unpaired) electrons. The molecule has 0 spiro atoms. The number of likely N-dealkylation sites (tertiary alicyclic amines) is 1. The molecule has 0 N–H and O–H groups in total. The third-order valence-corrected chi connectivity index (χ3v) is 2.78. The van der Waals surface area contributed by atoms with Gasteiger partial charge < -0.3 is 0 Å². The van der Waals surface area contributed by atoms with Gasteiger partial charge in [-0.2, -0.15) is 4.90 Å². The largest absolute Gasteiger partial charge is 0.170 e. The minimum atomic E-state index is 1.36. The molecule has 1 aliphatic rings. The Labute approximate surface area is 77.1 Å². The smallest absolute Gasteiger partial charge is 0.122 e. The van der Waals surface area contributed by atoms with E-state index in [1.165, 1.54) is 64.6 Å². The second kappa shape index (κ2) is 6.47. The van der Waals surface area contributed by atoms with Gasteiger partial charge >= 0.3 is 0 Å². The fourth-order valence-corrected chi connectivity index (χ4v) is 1.95. The summed E-state index contributed by atoms with van der Waals surface area (Å²) < 4.78 is 0. The van der Waals surface area contributed by atoms with Crippen molar-refractivity contribution in [3.05, 3.63) is 0 Å². The normalized spacial score (nSPS) is 20.8. The van der Waals surface area contributed by atoms with Crippen molar-refractivity contribution in [3.63, 3.8) is 0 Å². The monoisotopic (exact) mass is 169 g/mol. The maximum atomic E-state index is 2.66. The van der Waals surface area contributed by atoms with E-state index in [9.17, 15) is 0 Å². The van der Waals surface area contributed by atoms with E-state index >= 15 is 0 Å². The molecule has 1 saturated heterocycles. The van der Waals surface area contributed by atoms with Crippen LogP contribution in [-0.4, -0.2) is 19.6 Å². The molecule has 0 unspecified atom stereocenters. The van der Waals surface area contributed by atoms with Gasteiger partial charge in [-0.05, 0) is 19.3 Å². The highest BCUT2D eigenvalue weighted by atomic mass is 15.1. The van der Waals surface area contributed by atoms with Crippen LogP contribution in [0.2, 0.25) is 0 Å². The van der Waals surface area contributed by atoms with E-state index < -0.39 is 0 Å². The maximum Gasteiger partial charge on any atom is 0.122 e. The Morgan fingerprint density at radius 3 is 2.17 bits per heavy atom. The van der Waals surface area contributed by atoms with E-state index in [4.69, 9.17) is 0 Å². The highest BCUT2D eigenvalue weighted by Crippen LogP contribution is 2.08. The van der Waals surface area contributed by atoms with Crippen LogP contribution in [0.3, 0.4) is 0 Å². The Kier molecular flexibility index (Phi) is 5.42. The molecular formula is C11H23N+. The van der Waals surface area contributed by atoms with Crippen molar-refractivity contribution in [3.8, 4) is 0 Å². The number of hydrogen-bond acceptors (Lipinski definition) is 1. The highest BCUT2D eigenvalue weighted by molar-refractivity contribution is 4.67. The third kappa shape index (κ3) is 4.10. The molecule has 1 heterocycles. The summed E-state index contributed by atoms with van der Waals surface area (Å²) in [6.07, 6.45) is 9.98. The van der Waals surface area contributed by atoms with Crippen molar-refractivity contribution >= 4 is 0 Å². The summed E-state index contributed by atoms with van der Waals surface area (Å²) in [7, 11) is 0. The maximum absolute atomic E-state index is 2.66. The average Bonchev–Trinajstić information content (AvgIpc) is 2.33. The number of hydrogen-bond donors (Lipinski definition) is 0. The van der Waals surface area contributed by atoms with Gasteiger partial charge in [0.2, 0.25) is 0 Å². The van der Waals surface area contributed by atoms with Gasteiger partial charge in [-0.1, -0.05) is 13.3 Å². The van der Waals surface area contributed by atoms with Crippen molar-refractivity contribution in [2.24, 2.45) is 0 Å². The predicted molar refractivity (Wildman–Crippen MR) is 54.7 cm³/mol. The van der Waals surface area contributed by atoms with E-state index in [2.05, 4.69) is 11.8 Å². The summed E-state index contributed by atoms with van der Waals surface area (Å²) >= 11 is 0. The Morgan fingerprint density at radius 1 is 0.917 bits per heavy atom. The standard InChI is InChI=1S/C11H23N/c1-2-3-6-9-12-10-7-4-5-8-11-12/h2-11H2,1H3/q+1. The minimum absolute atomic E-state index is 1.36. The minimum Gasteiger partial charge on any atom is -0.170 e. The molecule has 0 amide bonds. The van der Waals surface area contributed by atoms with Crippen molar-refractivity contribution in [1.82, 2.24) is 4.90 Å². The lowest BCUT2D eigenvalue weighted by molar-refractivity contribution is 0.406. The van der Waals surface area contributed by atoms with Gasteiger partial charge in [0.25, 0.3) is 0 Å². The molecule has 0 aliphatic carbocycles. The zero-order valence-corrected chi connectivity index (χ0v) is 8.52. The Balaban J connectivity index is 2.04. The highest BCUT2D eigenvalue weighted by Gasteiger charge is 2.15. The Hall–Kier alpha value is -0.0400. The fraction of sp³-hybridized carbons (Fsp3) is 1.00. The van der Waals surface area contributed by atoms with E-state index in [-0.39, 0.29) is 0 Å². The first-order valence-electron chi connectivity index (χ1n) is 5.66. The van der Waals surface area contributed by atoms with Crippen LogP contribution in [0.25, 0.3) is 0 Å². The summed E-state index contributed by atoms with van der Waals surface area (Å²) in [6, 6.07) is 0. The van der Waals surface area contributed by atoms with E-state index in [0.717, 1.165) is 0 Å². The van der Waals surface area contributed by atoms with Crippen LogP contribution in [0, 0.1) is 0 Å². The van der Waals surface area contributed by atoms with Gasteiger partial charge in [-0.25, -0.2) is 0 Å². The number of nitrogens with zero attached hydrogens (tertiary/aromatic N) is 1. The SMILES string of the molecule is CCCCC[N+]1CCCCCC1. The molecule has 0 saturated carbocycles. The molecule has 0 bridgehead atoms. The van der Waals surface area contributed by atoms with Crippen LogP contribution in [0.4, 0.5) is 0 Å². The molecule has 1 fully saturated rings. The van der Waals surface area contributed by atoms with Crippen LogP contribution < -0.4 is 4.90 Å². The molecule has 1 aliphatic heterocycles. The van der Waals surface area contributed by atoms with Crippen molar-refractivity contribution in [2.45, 2.75) is 51.9 Å². The van der Waals surface area contributed by atoms with Crippen LogP contribution >= 0.6 is 0 Å². The fourth-order valence-electron chi connectivity index (χ4n) is 1.95. The zero-order chi connectivity index (χ0) is 8.65. The van der Waals surface area contributed by atoms with Gasteiger partial charge in [-0.15, -0.1) is 0 Å². The molecule has 0 atom stereocenters. The van der Waals surface area contributed by atoms with Crippen molar-refractivity contribution in [2.75, 3.05) is 19.6 Å². The Bertz CT molecular complexity index is 93.2. The topological polar surface area (TPSA) is 5.90 Å². The summed E-state index contributed by atoms with van der Waals surface area (Å²) in [5.41, 5.74) is 0. The molecule has 0 aromatic heterocycles. The van der Waals surface area contributed by atoms with E-state index in [1.54, 1.807) is 0 Å². The molecule has 1 nitrogen and oxygen atoms in total. The molecule has 0 aromatic carbocycles. The summed E-state index contributed by atoms with van der Waals surface area (Å²) in [4.78, 5) is 2.66. The molecule has 12 heavy (non-hydrogen) atoms. The van der Waals surface area contributed by atoms with E-state index in [0.29, 0.717) is 0 Å². The predicted octanol–water partition coefficient (Wildman–Crippen LogP) is 2.89. The Morgan fingerprint density at radius 2 is 1.58 bits per heavy atom. The van der Waals surface area contributed by atoms with Crippen LogP contribution in [0.1, 0.15) is 51.9 Å². The second-order valence-corrected chi connectivity index (χ2v) is 3.96. The number of unbranched alkanes of at least 4 members (excludes halogenated alkanes) is 2.